The Morgan fingerprint density at radius 3 is 2.65 bits per heavy atom. The maximum atomic E-state index is 13.1. The van der Waals surface area contributed by atoms with Crippen molar-refractivity contribution >= 4 is 12.0 Å². The number of nitrogens with zero attached hydrogens (tertiary/aromatic N) is 3. The first-order valence-corrected chi connectivity index (χ1v) is 13.2. The van der Waals surface area contributed by atoms with Crippen LogP contribution >= 0.6 is 0 Å². The van der Waals surface area contributed by atoms with Gasteiger partial charge in [-0.05, 0) is 49.8 Å². The van der Waals surface area contributed by atoms with Gasteiger partial charge in [0.15, 0.2) is 18.3 Å². The van der Waals surface area contributed by atoms with E-state index in [9.17, 15) is 4.79 Å². The predicted octanol–water partition coefficient (Wildman–Crippen LogP) is 5.02. The fourth-order valence-electron chi connectivity index (χ4n) is 4.29. The van der Waals surface area contributed by atoms with E-state index in [2.05, 4.69) is 6.92 Å². The summed E-state index contributed by atoms with van der Waals surface area (Å²) in [4.78, 5) is 17.8. The maximum absolute atomic E-state index is 13.1. The number of esters is 1. The van der Waals surface area contributed by atoms with Crippen molar-refractivity contribution in [2.45, 2.75) is 39.5 Å². The molecule has 0 amide bonds. The molecule has 4 rings (SSSR count). The molecule has 0 spiro atoms. The Morgan fingerprint density at radius 2 is 1.95 bits per heavy atom. The minimum absolute atomic E-state index is 0.0139. The average molecular weight is 548 g/mol. The zero-order chi connectivity index (χ0) is 28.3. The van der Waals surface area contributed by atoms with Gasteiger partial charge in [-0.3, -0.25) is 4.57 Å². The SMILES string of the molecule is CCCCc1ncc(/C=C(\Cc2cc3c(cc2OC)OCO3)C(=O)OCC)n1-c1ccc(OCOCC#N)cc1. The third-order valence-electron chi connectivity index (χ3n) is 6.20. The Labute approximate surface area is 233 Å². The van der Waals surface area contributed by atoms with Gasteiger partial charge in [0.05, 0.1) is 31.7 Å². The van der Waals surface area contributed by atoms with Crippen LogP contribution in [0, 0.1) is 11.3 Å². The molecule has 2 heterocycles. The third kappa shape index (κ3) is 6.93. The molecule has 0 atom stereocenters. The summed E-state index contributed by atoms with van der Waals surface area (Å²) in [6.45, 7) is 4.24. The summed E-state index contributed by atoms with van der Waals surface area (Å²) in [6.07, 6.45) is 6.59. The molecule has 0 saturated carbocycles. The molecule has 0 fully saturated rings. The van der Waals surface area contributed by atoms with Gasteiger partial charge in [-0.25, -0.2) is 9.78 Å². The highest BCUT2D eigenvalue weighted by atomic mass is 16.7. The molecule has 0 bridgehead atoms. The zero-order valence-corrected chi connectivity index (χ0v) is 23.0. The third-order valence-corrected chi connectivity index (χ3v) is 6.20. The number of nitriles is 1. The molecular weight excluding hydrogens is 514 g/mol. The second kappa shape index (κ2) is 14.1. The number of hydrogen-bond acceptors (Lipinski definition) is 9. The number of carbonyl (C=O) groups is 1. The lowest BCUT2D eigenvalue weighted by Gasteiger charge is -2.14. The molecule has 210 valence electrons. The van der Waals surface area contributed by atoms with E-state index < -0.39 is 5.97 Å². The van der Waals surface area contributed by atoms with Crippen molar-refractivity contribution in [1.82, 2.24) is 9.55 Å². The number of aromatic nitrogens is 2. The molecule has 0 radical (unpaired) electrons. The van der Waals surface area contributed by atoms with Crippen LogP contribution < -0.4 is 18.9 Å². The van der Waals surface area contributed by atoms with Gasteiger partial charge < -0.3 is 28.4 Å². The van der Waals surface area contributed by atoms with Gasteiger partial charge in [-0.15, -0.1) is 0 Å². The van der Waals surface area contributed by atoms with Crippen molar-refractivity contribution in [3.05, 3.63) is 65.2 Å². The van der Waals surface area contributed by atoms with Gasteiger partial charge in [0.25, 0.3) is 0 Å². The van der Waals surface area contributed by atoms with E-state index in [4.69, 9.17) is 38.7 Å². The Morgan fingerprint density at radius 1 is 1.18 bits per heavy atom. The van der Waals surface area contributed by atoms with Gasteiger partial charge in [0.1, 0.15) is 23.9 Å². The summed E-state index contributed by atoms with van der Waals surface area (Å²) in [5.41, 5.74) is 2.81. The highest BCUT2D eigenvalue weighted by Crippen LogP contribution is 2.39. The number of ether oxygens (including phenoxy) is 6. The largest absolute Gasteiger partial charge is 0.496 e. The molecule has 0 saturated heterocycles. The average Bonchev–Trinajstić information content (AvgIpc) is 3.60. The van der Waals surface area contributed by atoms with Crippen molar-refractivity contribution in [1.29, 1.82) is 5.26 Å². The quantitative estimate of drug-likeness (QED) is 0.119. The van der Waals surface area contributed by atoms with E-state index in [1.165, 1.54) is 0 Å². The van der Waals surface area contributed by atoms with Crippen molar-refractivity contribution < 1.29 is 33.2 Å². The van der Waals surface area contributed by atoms with Crippen LogP contribution in [-0.4, -0.2) is 49.4 Å². The summed E-state index contributed by atoms with van der Waals surface area (Å²) in [7, 11) is 1.58. The summed E-state index contributed by atoms with van der Waals surface area (Å²) in [5, 5.41) is 8.60. The minimum Gasteiger partial charge on any atom is -0.496 e. The summed E-state index contributed by atoms with van der Waals surface area (Å²) >= 11 is 0. The topological polar surface area (TPSA) is 114 Å². The minimum atomic E-state index is -0.425. The van der Waals surface area contributed by atoms with Crippen molar-refractivity contribution in [3.63, 3.8) is 0 Å². The molecule has 1 aromatic heterocycles. The number of aryl methyl sites for hydroxylation is 1. The molecule has 0 N–H and O–H groups in total. The first kappa shape index (κ1) is 28.5. The van der Waals surface area contributed by atoms with Gasteiger partial charge in [-0.1, -0.05) is 13.3 Å². The number of carbonyl (C=O) groups excluding carboxylic acids is 1. The van der Waals surface area contributed by atoms with E-state index in [-0.39, 0.29) is 33.2 Å². The number of imidazole rings is 1. The molecule has 1 aliphatic heterocycles. The molecule has 3 aromatic rings. The summed E-state index contributed by atoms with van der Waals surface area (Å²) in [5.74, 6) is 2.85. The van der Waals surface area contributed by atoms with Crippen LogP contribution in [0.5, 0.6) is 23.0 Å². The Balaban J connectivity index is 1.70. The van der Waals surface area contributed by atoms with E-state index in [1.807, 2.05) is 47.0 Å². The Bertz CT molecular complexity index is 1370. The smallest absolute Gasteiger partial charge is 0.334 e. The first-order valence-electron chi connectivity index (χ1n) is 13.2. The second-order valence-corrected chi connectivity index (χ2v) is 8.89. The first-order chi connectivity index (χ1) is 19.6. The standard InChI is InChI=1S/C30H33N3O7/c1-4-6-7-29-32-18-24(33(29)23-8-10-25(11-9-23)38-19-36-13-12-31)15-22(30(34)37-5-2)14-21-16-27-28(40-20-39-27)17-26(21)35-3/h8-11,15-18H,4-7,13-14,19-20H2,1-3H3/b22-15+. The van der Waals surface area contributed by atoms with Gasteiger partial charge in [0, 0.05) is 35.7 Å². The second-order valence-electron chi connectivity index (χ2n) is 8.89. The fourth-order valence-corrected chi connectivity index (χ4v) is 4.29. The van der Waals surface area contributed by atoms with E-state index >= 15 is 0 Å². The van der Waals surface area contributed by atoms with Crippen LogP contribution in [-0.2, 0) is 27.1 Å². The van der Waals surface area contributed by atoms with Crippen LogP contribution in [0.3, 0.4) is 0 Å². The number of rotatable bonds is 14. The molecule has 0 aliphatic carbocycles. The monoisotopic (exact) mass is 547 g/mol. The van der Waals surface area contributed by atoms with Crippen LogP contribution in [0.4, 0.5) is 0 Å². The van der Waals surface area contributed by atoms with Crippen molar-refractivity contribution in [2.24, 2.45) is 0 Å². The normalized spacial score (nSPS) is 12.2. The fraction of sp³-hybridized carbons (Fsp3) is 0.367. The number of hydrogen-bond donors (Lipinski definition) is 0. The number of fused-ring (bicyclic) bond motifs is 1. The predicted molar refractivity (Wildman–Crippen MR) is 147 cm³/mol. The molecule has 10 heteroatoms. The van der Waals surface area contributed by atoms with Crippen molar-refractivity contribution in [3.8, 4) is 34.8 Å². The van der Waals surface area contributed by atoms with Gasteiger partial charge >= 0.3 is 5.97 Å². The molecule has 10 nitrogen and oxygen atoms in total. The molecule has 0 unspecified atom stereocenters. The van der Waals surface area contributed by atoms with Gasteiger partial charge in [0.2, 0.25) is 6.79 Å². The highest BCUT2D eigenvalue weighted by Gasteiger charge is 2.22. The number of methoxy groups -OCH3 is 1. The van der Waals surface area contributed by atoms with Gasteiger partial charge in [-0.2, -0.15) is 5.26 Å². The van der Waals surface area contributed by atoms with Crippen LogP contribution in [0.25, 0.3) is 11.8 Å². The lowest BCUT2D eigenvalue weighted by molar-refractivity contribution is -0.138. The molecule has 40 heavy (non-hydrogen) atoms. The van der Waals surface area contributed by atoms with E-state index in [0.717, 1.165) is 42.0 Å². The highest BCUT2D eigenvalue weighted by molar-refractivity contribution is 5.94. The molecule has 2 aromatic carbocycles. The summed E-state index contributed by atoms with van der Waals surface area (Å²) in [6, 6.07) is 13.0. The molecule has 1 aliphatic rings. The lowest BCUT2D eigenvalue weighted by Crippen LogP contribution is -2.11. The summed E-state index contributed by atoms with van der Waals surface area (Å²) < 4.78 is 34.7. The van der Waals surface area contributed by atoms with E-state index in [0.29, 0.717) is 28.6 Å². The lowest BCUT2D eigenvalue weighted by atomic mass is 10.0. The van der Waals surface area contributed by atoms with E-state index in [1.54, 1.807) is 26.3 Å². The number of unbranched alkanes of at least 4 members (excludes halogenated alkanes) is 1. The zero-order valence-electron chi connectivity index (χ0n) is 23.0. The Hall–Kier alpha value is -4.49. The van der Waals surface area contributed by atoms with Crippen molar-refractivity contribution in [2.75, 3.05) is 33.9 Å². The number of benzene rings is 2. The van der Waals surface area contributed by atoms with Crippen LogP contribution in [0.15, 0.2) is 48.2 Å². The molecular formula is C30H33N3O7. The van der Waals surface area contributed by atoms with Crippen LogP contribution in [0.2, 0.25) is 0 Å². The maximum Gasteiger partial charge on any atom is 0.334 e. The van der Waals surface area contributed by atoms with Crippen LogP contribution in [0.1, 0.15) is 43.8 Å². The Kier molecular flexibility index (Phi) is 10.0.